The first kappa shape index (κ1) is 17.7. The molecule has 0 heterocycles. The molecule has 0 atom stereocenters. The Labute approximate surface area is 151 Å². The molecular formula is C17H16Cl2N2OS. The van der Waals surface area contributed by atoms with Crippen LogP contribution < -0.4 is 10.6 Å². The molecule has 0 aromatic heterocycles. The molecule has 23 heavy (non-hydrogen) atoms. The fourth-order valence-corrected chi connectivity index (χ4v) is 2.61. The molecule has 0 unspecified atom stereocenters. The number of hydrogen-bond acceptors (Lipinski definition) is 2. The summed E-state index contributed by atoms with van der Waals surface area (Å²) in [5.41, 5.74) is 2.39. The molecule has 0 fully saturated rings. The fraction of sp³-hybridized carbons (Fsp3) is 0.176. The molecule has 2 aromatic rings. The summed E-state index contributed by atoms with van der Waals surface area (Å²) in [6, 6.07) is 12.1. The highest BCUT2D eigenvalue weighted by Crippen LogP contribution is 2.22. The monoisotopic (exact) mass is 366 g/mol. The van der Waals surface area contributed by atoms with Crippen LogP contribution in [0.4, 0.5) is 5.69 Å². The smallest absolute Gasteiger partial charge is 0.257 e. The Morgan fingerprint density at radius 2 is 1.74 bits per heavy atom. The highest BCUT2D eigenvalue weighted by molar-refractivity contribution is 7.80. The van der Waals surface area contributed by atoms with Crippen molar-refractivity contribution in [3.63, 3.8) is 0 Å². The third kappa shape index (κ3) is 5.20. The van der Waals surface area contributed by atoms with E-state index < -0.39 is 0 Å². The maximum absolute atomic E-state index is 12.1. The van der Waals surface area contributed by atoms with Gasteiger partial charge in [-0.3, -0.25) is 10.1 Å². The maximum Gasteiger partial charge on any atom is 0.257 e. The molecule has 120 valence electrons. The van der Waals surface area contributed by atoms with E-state index in [2.05, 4.69) is 17.6 Å². The van der Waals surface area contributed by atoms with E-state index in [-0.39, 0.29) is 11.0 Å². The van der Waals surface area contributed by atoms with Crippen molar-refractivity contribution >= 4 is 52.1 Å². The van der Waals surface area contributed by atoms with Crippen LogP contribution >= 0.6 is 35.4 Å². The Hall–Kier alpha value is -1.62. The van der Waals surface area contributed by atoms with Gasteiger partial charge in [0.25, 0.3) is 5.91 Å². The third-order valence-electron chi connectivity index (χ3n) is 3.17. The average molecular weight is 367 g/mol. The Kier molecular flexibility index (Phi) is 6.39. The van der Waals surface area contributed by atoms with Crippen molar-refractivity contribution in [3.8, 4) is 0 Å². The van der Waals surface area contributed by atoms with E-state index in [0.717, 1.165) is 24.1 Å². The first-order chi connectivity index (χ1) is 11.0. The Morgan fingerprint density at radius 1 is 1.09 bits per heavy atom. The van der Waals surface area contributed by atoms with Gasteiger partial charge in [-0.05, 0) is 66.7 Å². The average Bonchev–Trinajstić information content (AvgIpc) is 2.51. The Bertz CT molecular complexity index is 717. The number of amides is 1. The van der Waals surface area contributed by atoms with Crippen molar-refractivity contribution in [3.05, 3.63) is 63.6 Å². The van der Waals surface area contributed by atoms with Crippen LogP contribution in [-0.2, 0) is 6.42 Å². The molecule has 0 aliphatic carbocycles. The Morgan fingerprint density at radius 3 is 2.39 bits per heavy atom. The lowest BCUT2D eigenvalue weighted by molar-refractivity contribution is 0.0978. The lowest BCUT2D eigenvalue weighted by Gasteiger charge is -2.13. The van der Waals surface area contributed by atoms with Gasteiger partial charge in [-0.1, -0.05) is 36.5 Å². The van der Waals surface area contributed by atoms with Gasteiger partial charge in [-0.25, -0.2) is 0 Å². The molecule has 0 saturated carbocycles. The minimum absolute atomic E-state index is 0.240. The number of benzene rings is 2. The highest BCUT2D eigenvalue weighted by atomic mass is 35.5. The third-order valence-corrected chi connectivity index (χ3v) is 3.86. The van der Waals surface area contributed by atoms with Crippen molar-refractivity contribution in [1.82, 2.24) is 5.32 Å². The number of carbonyl (C=O) groups excluding carboxylic acids is 1. The van der Waals surface area contributed by atoms with Gasteiger partial charge in [-0.15, -0.1) is 0 Å². The minimum atomic E-state index is -0.287. The van der Waals surface area contributed by atoms with Crippen LogP contribution in [0.25, 0.3) is 0 Å². The van der Waals surface area contributed by atoms with Gasteiger partial charge in [-0.2, -0.15) is 0 Å². The number of anilines is 1. The summed E-state index contributed by atoms with van der Waals surface area (Å²) in [6.07, 6.45) is 1.86. The van der Waals surface area contributed by atoms with Gasteiger partial charge < -0.3 is 5.32 Å². The number of nitrogens with one attached hydrogen (secondary N) is 2. The quantitative estimate of drug-likeness (QED) is 0.741. The normalized spacial score (nSPS) is 10.2. The summed E-state index contributed by atoms with van der Waals surface area (Å²) in [5, 5.41) is 7.20. The van der Waals surface area contributed by atoms with Crippen molar-refractivity contribution in [2.75, 3.05) is 5.32 Å². The number of thiocarbonyl (C=S) groups is 1. The lowest BCUT2D eigenvalue weighted by atomic mass is 10.1. The van der Waals surface area contributed by atoms with Crippen molar-refractivity contribution < 1.29 is 4.79 Å². The highest BCUT2D eigenvalue weighted by Gasteiger charge is 2.10. The summed E-state index contributed by atoms with van der Waals surface area (Å²) in [5.74, 6) is -0.287. The lowest BCUT2D eigenvalue weighted by Crippen LogP contribution is -2.34. The second kappa shape index (κ2) is 8.29. The maximum atomic E-state index is 12.1. The number of rotatable bonds is 4. The van der Waals surface area contributed by atoms with E-state index in [1.807, 2.05) is 12.1 Å². The van der Waals surface area contributed by atoms with Crippen LogP contribution in [0.2, 0.25) is 10.0 Å². The zero-order chi connectivity index (χ0) is 16.8. The number of hydrogen-bond donors (Lipinski definition) is 2. The predicted octanol–water partition coefficient (Wildman–Crippen LogP) is 5.07. The summed E-state index contributed by atoms with van der Waals surface area (Å²) in [4.78, 5) is 12.1. The number of halogens is 2. The molecule has 3 nitrogen and oxygen atoms in total. The molecule has 2 N–H and O–H groups in total. The van der Waals surface area contributed by atoms with Gasteiger partial charge >= 0.3 is 0 Å². The van der Waals surface area contributed by atoms with Crippen LogP contribution in [0, 0.1) is 0 Å². The molecule has 0 aliphatic heterocycles. The van der Waals surface area contributed by atoms with E-state index in [0.29, 0.717) is 15.6 Å². The first-order valence-electron chi connectivity index (χ1n) is 7.16. The largest absolute Gasteiger partial charge is 0.332 e. The van der Waals surface area contributed by atoms with Crippen molar-refractivity contribution in [2.45, 2.75) is 19.8 Å². The summed E-state index contributed by atoms with van der Waals surface area (Å²) in [7, 11) is 0. The zero-order valence-corrected chi connectivity index (χ0v) is 14.9. The molecular weight excluding hydrogens is 351 g/mol. The van der Waals surface area contributed by atoms with Gasteiger partial charge in [0, 0.05) is 21.3 Å². The van der Waals surface area contributed by atoms with E-state index in [9.17, 15) is 4.79 Å². The summed E-state index contributed by atoms with van der Waals surface area (Å²) >= 11 is 17.0. The minimum Gasteiger partial charge on any atom is -0.332 e. The fourth-order valence-electron chi connectivity index (χ4n) is 2.09. The van der Waals surface area contributed by atoms with Gasteiger partial charge in [0.2, 0.25) is 0 Å². The molecule has 0 aliphatic rings. The molecule has 6 heteroatoms. The van der Waals surface area contributed by atoms with Crippen LogP contribution in [0.1, 0.15) is 29.3 Å². The van der Waals surface area contributed by atoms with E-state index in [1.165, 1.54) is 0 Å². The van der Waals surface area contributed by atoms with Crippen molar-refractivity contribution in [2.24, 2.45) is 0 Å². The summed E-state index contributed by atoms with van der Waals surface area (Å²) in [6.45, 7) is 2.09. The molecule has 0 saturated heterocycles. The number of aryl methyl sites for hydroxylation is 1. The van der Waals surface area contributed by atoms with Crippen LogP contribution in [-0.4, -0.2) is 11.0 Å². The second-order valence-corrected chi connectivity index (χ2v) is 6.25. The predicted molar refractivity (Wildman–Crippen MR) is 101 cm³/mol. The topological polar surface area (TPSA) is 41.1 Å². The summed E-state index contributed by atoms with van der Waals surface area (Å²) < 4.78 is 0. The van der Waals surface area contributed by atoms with Gasteiger partial charge in [0.1, 0.15) is 0 Å². The van der Waals surface area contributed by atoms with Crippen LogP contribution in [0.15, 0.2) is 42.5 Å². The van der Waals surface area contributed by atoms with Gasteiger partial charge in [0.05, 0.1) is 0 Å². The Balaban J connectivity index is 2.04. The van der Waals surface area contributed by atoms with Gasteiger partial charge in [0.15, 0.2) is 5.11 Å². The van der Waals surface area contributed by atoms with E-state index in [4.69, 9.17) is 35.4 Å². The second-order valence-electron chi connectivity index (χ2n) is 4.97. The first-order valence-corrected chi connectivity index (χ1v) is 8.32. The zero-order valence-electron chi connectivity index (χ0n) is 12.5. The van der Waals surface area contributed by atoms with Crippen molar-refractivity contribution in [1.29, 1.82) is 0 Å². The standard InChI is InChI=1S/C17H16Cl2N2OS/c1-2-3-12-10-14(19)8-9-15(12)20-17(23)21-16(22)11-4-6-13(18)7-5-11/h4-10H,2-3H2,1H3,(H2,20,21,22,23). The van der Waals surface area contributed by atoms with E-state index in [1.54, 1.807) is 30.3 Å². The SMILES string of the molecule is CCCc1cc(Cl)ccc1NC(=S)NC(=O)c1ccc(Cl)cc1. The van der Waals surface area contributed by atoms with Crippen LogP contribution in [0.5, 0.6) is 0 Å². The molecule has 2 rings (SSSR count). The molecule has 0 spiro atoms. The van der Waals surface area contributed by atoms with E-state index >= 15 is 0 Å². The molecule has 0 bridgehead atoms. The van der Waals surface area contributed by atoms with Crippen LogP contribution in [0.3, 0.4) is 0 Å². The molecule has 2 aromatic carbocycles. The molecule has 0 radical (unpaired) electrons. The molecule has 1 amide bonds. The number of carbonyl (C=O) groups is 1.